The number of rotatable bonds is 9. The second-order valence-electron chi connectivity index (χ2n) is 8.36. The summed E-state index contributed by atoms with van der Waals surface area (Å²) in [6.45, 7) is 8.37. The predicted molar refractivity (Wildman–Crippen MR) is 144 cm³/mol. The van der Waals surface area contributed by atoms with Crippen LogP contribution in [0.5, 0.6) is 0 Å². The quantitative estimate of drug-likeness (QED) is 0.110. The molecular formula is C25H34F4N8O2. The first kappa shape index (κ1) is 32.8. The molecule has 1 aliphatic rings. The first-order valence-corrected chi connectivity index (χ1v) is 11.9. The smallest absolute Gasteiger partial charge is 0.382 e. The summed E-state index contributed by atoms with van der Waals surface area (Å²) in [5, 5.41) is 11.9. The molecular weight excluding hydrogens is 520 g/mol. The Morgan fingerprint density at radius 2 is 1.90 bits per heavy atom. The van der Waals surface area contributed by atoms with Crippen LogP contribution in [0.3, 0.4) is 0 Å². The number of carbonyl (C=O) groups excluding carboxylic acids is 2. The number of alkyl halides is 3. The Balaban J connectivity index is 3.11. The van der Waals surface area contributed by atoms with Crippen molar-refractivity contribution in [3.63, 3.8) is 0 Å². The molecule has 3 amide bonds. The van der Waals surface area contributed by atoms with Gasteiger partial charge >= 0.3 is 12.2 Å². The molecule has 0 saturated carbocycles. The summed E-state index contributed by atoms with van der Waals surface area (Å²) in [5.74, 6) is -2.00. The number of allylic oxidation sites excluding steroid dienone is 6. The van der Waals surface area contributed by atoms with Gasteiger partial charge in [-0.2, -0.15) is 18.3 Å². The average Bonchev–Trinajstić information content (AvgIpc) is 2.83. The van der Waals surface area contributed by atoms with Crippen molar-refractivity contribution in [2.24, 2.45) is 26.7 Å². The van der Waals surface area contributed by atoms with Gasteiger partial charge in [-0.1, -0.05) is 26.0 Å². The van der Waals surface area contributed by atoms with Crippen LogP contribution in [-0.4, -0.2) is 47.7 Å². The summed E-state index contributed by atoms with van der Waals surface area (Å²) >= 11 is 0. The van der Waals surface area contributed by atoms with Gasteiger partial charge in [0.15, 0.2) is 5.84 Å². The van der Waals surface area contributed by atoms with E-state index in [1.54, 1.807) is 46.0 Å². The normalized spacial score (nSPS) is 17.7. The number of nitrogens with two attached hydrogens (primary N) is 1. The zero-order valence-electron chi connectivity index (χ0n) is 22.7. The fourth-order valence-electron chi connectivity index (χ4n) is 2.92. The molecule has 0 aromatic carbocycles. The molecule has 1 rings (SSSR count). The summed E-state index contributed by atoms with van der Waals surface area (Å²) in [6, 6.07) is -0.678. The van der Waals surface area contributed by atoms with Gasteiger partial charge in [-0.3, -0.25) is 10.1 Å². The zero-order valence-corrected chi connectivity index (χ0v) is 22.7. The average molecular weight is 555 g/mol. The van der Waals surface area contributed by atoms with Crippen LogP contribution in [0.15, 0.2) is 74.1 Å². The highest BCUT2D eigenvalue weighted by Crippen LogP contribution is 2.19. The van der Waals surface area contributed by atoms with Crippen LogP contribution in [0.4, 0.5) is 22.4 Å². The molecule has 0 saturated heterocycles. The monoisotopic (exact) mass is 554 g/mol. The number of carbonyl (C=O) groups is 2. The predicted octanol–water partition coefficient (Wildman–Crippen LogP) is 4.49. The molecule has 0 aromatic rings. The van der Waals surface area contributed by atoms with Gasteiger partial charge in [0.25, 0.3) is 0 Å². The molecule has 0 radical (unpaired) electrons. The van der Waals surface area contributed by atoms with Gasteiger partial charge in [-0.05, 0) is 52.2 Å². The third kappa shape index (κ3) is 12.2. The fraction of sp³-hybridized carbons (Fsp3) is 0.400. The maximum atomic E-state index is 15.1. The van der Waals surface area contributed by atoms with Crippen molar-refractivity contribution in [1.82, 2.24) is 21.0 Å². The van der Waals surface area contributed by atoms with Crippen molar-refractivity contribution in [3.8, 4) is 0 Å². The molecule has 14 heteroatoms. The van der Waals surface area contributed by atoms with Crippen LogP contribution in [-0.2, 0) is 4.79 Å². The van der Waals surface area contributed by atoms with Gasteiger partial charge in [0, 0.05) is 17.5 Å². The fourth-order valence-corrected chi connectivity index (χ4v) is 2.92. The molecule has 10 nitrogen and oxygen atoms in total. The summed E-state index contributed by atoms with van der Waals surface area (Å²) in [7, 11) is 0. The first-order valence-electron chi connectivity index (χ1n) is 11.9. The van der Waals surface area contributed by atoms with Crippen LogP contribution in [0.1, 0.15) is 48.0 Å². The van der Waals surface area contributed by atoms with Crippen LogP contribution in [0.2, 0.25) is 0 Å². The number of amides is 3. The minimum absolute atomic E-state index is 0.0154. The van der Waals surface area contributed by atoms with Crippen molar-refractivity contribution < 1.29 is 27.2 Å². The zero-order chi connectivity index (χ0) is 29.8. The van der Waals surface area contributed by atoms with E-state index in [0.29, 0.717) is 18.0 Å². The minimum Gasteiger partial charge on any atom is -0.382 e. The first-order chi connectivity index (χ1) is 18.2. The molecule has 0 bridgehead atoms. The third-order valence-corrected chi connectivity index (χ3v) is 4.81. The van der Waals surface area contributed by atoms with E-state index in [-0.39, 0.29) is 22.8 Å². The Kier molecular flexibility index (Phi) is 12.8. The van der Waals surface area contributed by atoms with E-state index >= 15 is 4.39 Å². The number of amidine groups is 2. The molecule has 0 fully saturated rings. The highest BCUT2D eigenvalue weighted by atomic mass is 19.4. The van der Waals surface area contributed by atoms with Gasteiger partial charge in [0.1, 0.15) is 30.2 Å². The number of hydrazone groups is 1. The maximum Gasteiger partial charge on any atom is 0.405 e. The van der Waals surface area contributed by atoms with E-state index in [4.69, 9.17) is 5.73 Å². The van der Waals surface area contributed by atoms with Gasteiger partial charge < -0.3 is 16.4 Å². The summed E-state index contributed by atoms with van der Waals surface area (Å²) in [4.78, 5) is 32.4. The molecule has 1 heterocycles. The SMILES string of the molecule is C/C=C(/C)N=C(C)NC(=O)NC(=C/CC)/C(F)=C\C(C)/C=C1\C(N)=NC=NN1/C=C(\C)C(=O)NCC(F)(F)F. The Bertz CT molecular complexity index is 1160. The number of urea groups is 1. The molecule has 0 aromatic heterocycles. The van der Waals surface area contributed by atoms with Crippen LogP contribution < -0.4 is 21.7 Å². The summed E-state index contributed by atoms with van der Waals surface area (Å²) in [6.07, 6.45) is 4.11. The largest absolute Gasteiger partial charge is 0.405 e. The molecule has 1 unspecified atom stereocenters. The van der Waals surface area contributed by atoms with Crippen molar-refractivity contribution in [1.29, 1.82) is 0 Å². The number of nitrogens with zero attached hydrogens (tertiary/aromatic N) is 4. The van der Waals surface area contributed by atoms with Gasteiger partial charge in [0.05, 0.1) is 5.70 Å². The number of hydrogen-bond donors (Lipinski definition) is 4. The van der Waals surface area contributed by atoms with E-state index < -0.39 is 36.4 Å². The molecule has 39 heavy (non-hydrogen) atoms. The molecule has 0 spiro atoms. The summed E-state index contributed by atoms with van der Waals surface area (Å²) < 4.78 is 52.3. The summed E-state index contributed by atoms with van der Waals surface area (Å²) in [5.41, 5.74) is 6.67. The topological polar surface area (TPSA) is 137 Å². The lowest BCUT2D eigenvalue weighted by Crippen LogP contribution is -2.38. The number of aliphatic imine (C=N–C) groups is 2. The molecule has 5 N–H and O–H groups in total. The van der Waals surface area contributed by atoms with Crippen LogP contribution in [0, 0.1) is 5.92 Å². The lowest BCUT2D eigenvalue weighted by molar-refractivity contribution is -0.136. The lowest BCUT2D eigenvalue weighted by Gasteiger charge is -2.22. The second-order valence-corrected chi connectivity index (χ2v) is 8.36. The molecule has 0 aliphatic carbocycles. The Hall–Kier alpha value is -4.23. The Morgan fingerprint density at radius 1 is 1.23 bits per heavy atom. The standard InChI is InChI=1S/C25H34F4N8O2/c1-7-9-20(36-24(39)35-18(6)34-17(5)8-2)19(26)10-15(3)11-21-22(30)32-14-33-37(21)12-16(4)23(38)31-13-25(27,28)29/h8-12,14-15H,7,13H2,1-6H3,(H,31,38)(H2,30,32,33)(H2,34,35,36,39)/b16-12+,17-8-,19-10+,20-9+,21-11+. The highest BCUT2D eigenvalue weighted by molar-refractivity contribution is 6.02. The number of hydrogen-bond acceptors (Lipinski definition) is 7. The van der Waals surface area contributed by atoms with Crippen molar-refractivity contribution in [2.75, 3.05) is 6.54 Å². The highest BCUT2D eigenvalue weighted by Gasteiger charge is 2.28. The number of halogens is 4. The lowest BCUT2D eigenvalue weighted by atomic mass is 10.1. The van der Waals surface area contributed by atoms with Crippen molar-refractivity contribution >= 4 is 29.9 Å². The molecule has 214 valence electrons. The van der Waals surface area contributed by atoms with Gasteiger partial charge in [0.2, 0.25) is 5.91 Å². The van der Waals surface area contributed by atoms with Crippen molar-refractivity contribution in [3.05, 3.63) is 59.0 Å². The van der Waals surface area contributed by atoms with Gasteiger partial charge in [-0.15, -0.1) is 0 Å². The minimum atomic E-state index is -4.56. The number of nitrogens with one attached hydrogen (secondary N) is 3. The van der Waals surface area contributed by atoms with E-state index in [2.05, 4.69) is 25.7 Å². The van der Waals surface area contributed by atoms with Crippen molar-refractivity contribution in [2.45, 2.75) is 54.1 Å². The molecule has 1 aliphatic heterocycles. The third-order valence-electron chi connectivity index (χ3n) is 4.81. The second kappa shape index (κ2) is 15.2. The maximum absolute atomic E-state index is 15.1. The Labute approximate surface area is 224 Å². The van der Waals surface area contributed by atoms with E-state index in [9.17, 15) is 22.8 Å². The van der Waals surface area contributed by atoms with E-state index in [1.807, 2.05) is 0 Å². The van der Waals surface area contributed by atoms with E-state index in [1.165, 1.54) is 31.4 Å². The Morgan fingerprint density at radius 3 is 2.49 bits per heavy atom. The molecule has 1 atom stereocenters. The van der Waals surface area contributed by atoms with Crippen LogP contribution in [0.25, 0.3) is 0 Å². The van der Waals surface area contributed by atoms with E-state index in [0.717, 1.165) is 11.3 Å². The van der Waals surface area contributed by atoms with Crippen LogP contribution >= 0.6 is 0 Å². The van der Waals surface area contributed by atoms with Gasteiger partial charge in [-0.25, -0.2) is 24.2 Å².